The van der Waals surface area contributed by atoms with Crippen LogP contribution in [0.4, 0.5) is 4.39 Å². The van der Waals surface area contributed by atoms with Gasteiger partial charge in [0.05, 0.1) is 0 Å². The van der Waals surface area contributed by atoms with E-state index in [1.165, 1.54) is 11.6 Å². The van der Waals surface area contributed by atoms with Gasteiger partial charge in [0.2, 0.25) is 0 Å². The summed E-state index contributed by atoms with van der Waals surface area (Å²) in [5.41, 5.74) is 2.27. The topological polar surface area (TPSA) is 17.1 Å². The molecule has 0 saturated carbocycles. The van der Waals surface area contributed by atoms with Crippen molar-refractivity contribution in [1.29, 1.82) is 0 Å². The zero-order valence-electron chi connectivity index (χ0n) is 8.92. The fourth-order valence-corrected chi connectivity index (χ4v) is 2.44. The summed E-state index contributed by atoms with van der Waals surface area (Å²) >= 11 is 0. The molecule has 1 aromatic rings. The molecule has 80 valence electrons. The third-order valence-corrected chi connectivity index (χ3v) is 3.08. The van der Waals surface area contributed by atoms with E-state index in [0.717, 1.165) is 24.8 Å². The number of benzene rings is 1. The Bertz CT molecular complexity index is 384. The number of carbonyl (C=O) groups is 1. The van der Waals surface area contributed by atoms with Gasteiger partial charge in [-0.15, -0.1) is 0 Å². The lowest BCUT2D eigenvalue weighted by atomic mass is 9.80. The Hall–Kier alpha value is -1.18. The van der Waals surface area contributed by atoms with Crippen molar-refractivity contribution in [3.8, 4) is 0 Å². The predicted molar refractivity (Wildman–Crippen MR) is 57.4 cm³/mol. The average Bonchev–Trinajstić information content (AvgIpc) is 2.16. The number of aryl methyl sites for hydroxylation is 1. The van der Waals surface area contributed by atoms with Crippen molar-refractivity contribution in [2.75, 3.05) is 0 Å². The maximum Gasteiger partial charge on any atom is 0.130 e. The first-order valence-corrected chi connectivity index (χ1v) is 5.44. The highest BCUT2D eigenvalue weighted by Gasteiger charge is 2.21. The Balaban J connectivity index is 2.30. The van der Waals surface area contributed by atoms with Crippen molar-refractivity contribution in [3.63, 3.8) is 0 Å². The normalized spacial score (nSPS) is 19.7. The molecule has 2 heteroatoms. The molecule has 1 nitrogen and oxygen atoms in total. The zero-order valence-corrected chi connectivity index (χ0v) is 8.92. The van der Waals surface area contributed by atoms with Gasteiger partial charge in [0.1, 0.15) is 11.6 Å². The summed E-state index contributed by atoms with van der Waals surface area (Å²) in [5.74, 6) is 0.362. The minimum absolute atomic E-state index is 0.169. The molecule has 2 rings (SSSR count). The first kappa shape index (κ1) is 10.3. The largest absolute Gasteiger partial charge is 0.300 e. The summed E-state index contributed by atoms with van der Waals surface area (Å²) in [4.78, 5) is 11.1. The van der Waals surface area contributed by atoms with Gasteiger partial charge in [0.25, 0.3) is 0 Å². The standard InChI is InChI=1S/C13H15FO/c1-9(15)7-10-3-2-4-11-8-12(14)5-6-13(10)11/h5-6,8,10H,2-4,7H2,1H3. The molecule has 0 heterocycles. The monoisotopic (exact) mass is 206 g/mol. The molecule has 0 N–H and O–H groups in total. The van der Waals surface area contributed by atoms with Crippen LogP contribution in [0.1, 0.15) is 43.2 Å². The van der Waals surface area contributed by atoms with Gasteiger partial charge in [0, 0.05) is 6.42 Å². The van der Waals surface area contributed by atoms with Gasteiger partial charge < -0.3 is 4.79 Å². The number of Topliss-reactive ketones (excluding diaryl/α,β-unsaturated/α-hetero) is 1. The quantitative estimate of drug-likeness (QED) is 0.726. The van der Waals surface area contributed by atoms with Crippen molar-refractivity contribution in [2.24, 2.45) is 0 Å². The van der Waals surface area contributed by atoms with Crippen LogP contribution < -0.4 is 0 Å². The van der Waals surface area contributed by atoms with E-state index in [0.29, 0.717) is 12.3 Å². The lowest BCUT2D eigenvalue weighted by Gasteiger charge is -2.24. The Morgan fingerprint density at radius 3 is 3.07 bits per heavy atom. The zero-order chi connectivity index (χ0) is 10.8. The maximum atomic E-state index is 13.0. The number of hydrogen-bond donors (Lipinski definition) is 0. The van der Waals surface area contributed by atoms with E-state index in [1.54, 1.807) is 13.0 Å². The Kier molecular flexibility index (Phi) is 2.85. The molecular weight excluding hydrogens is 191 g/mol. The van der Waals surface area contributed by atoms with Crippen molar-refractivity contribution in [3.05, 3.63) is 35.1 Å². The molecule has 1 aliphatic carbocycles. The van der Waals surface area contributed by atoms with Crippen LogP contribution in [0.5, 0.6) is 0 Å². The molecule has 1 atom stereocenters. The van der Waals surface area contributed by atoms with E-state index in [2.05, 4.69) is 0 Å². The van der Waals surface area contributed by atoms with E-state index in [1.807, 2.05) is 6.07 Å². The van der Waals surface area contributed by atoms with Crippen molar-refractivity contribution >= 4 is 5.78 Å². The first-order chi connectivity index (χ1) is 7.16. The third-order valence-electron chi connectivity index (χ3n) is 3.08. The van der Waals surface area contributed by atoms with Gasteiger partial charge in [0.15, 0.2) is 0 Å². The molecule has 0 fully saturated rings. The van der Waals surface area contributed by atoms with Crippen molar-refractivity contribution < 1.29 is 9.18 Å². The van der Waals surface area contributed by atoms with Gasteiger partial charge in [-0.2, -0.15) is 0 Å². The Labute approximate surface area is 89.3 Å². The molecule has 15 heavy (non-hydrogen) atoms. The minimum atomic E-state index is -0.169. The lowest BCUT2D eigenvalue weighted by Crippen LogP contribution is -2.12. The van der Waals surface area contributed by atoms with Crippen LogP contribution in [-0.2, 0) is 11.2 Å². The van der Waals surface area contributed by atoms with Crippen LogP contribution in [-0.4, -0.2) is 5.78 Å². The van der Waals surface area contributed by atoms with Crippen LogP contribution in [0.25, 0.3) is 0 Å². The average molecular weight is 206 g/mol. The van der Waals surface area contributed by atoms with Crippen LogP contribution in [0, 0.1) is 5.82 Å². The molecule has 1 unspecified atom stereocenters. The molecule has 0 radical (unpaired) electrons. The summed E-state index contributed by atoms with van der Waals surface area (Å²) in [6.07, 6.45) is 3.66. The summed E-state index contributed by atoms with van der Waals surface area (Å²) in [6, 6.07) is 4.95. The summed E-state index contributed by atoms with van der Waals surface area (Å²) in [7, 11) is 0. The number of carbonyl (C=O) groups excluding carboxylic acids is 1. The minimum Gasteiger partial charge on any atom is -0.300 e. The highest BCUT2D eigenvalue weighted by molar-refractivity contribution is 5.76. The van der Waals surface area contributed by atoms with E-state index >= 15 is 0 Å². The van der Waals surface area contributed by atoms with Gasteiger partial charge >= 0.3 is 0 Å². The molecule has 1 aliphatic rings. The molecule has 0 bridgehead atoms. The van der Waals surface area contributed by atoms with Gasteiger partial charge in [-0.3, -0.25) is 0 Å². The molecular formula is C13H15FO. The second kappa shape index (κ2) is 4.13. The van der Waals surface area contributed by atoms with Crippen LogP contribution in [0.2, 0.25) is 0 Å². The number of halogens is 1. The highest BCUT2D eigenvalue weighted by atomic mass is 19.1. The number of rotatable bonds is 2. The fraction of sp³-hybridized carbons (Fsp3) is 0.462. The van der Waals surface area contributed by atoms with Crippen molar-refractivity contribution in [1.82, 2.24) is 0 Å². The summed E-state index contributed by atoms with van der Waals surface area (Å²) < 4.78 is 13.0. The summed E-state index contributed by atoms with van der Waals surface area (Å²) in [6.45, 7) is 1.62. The molecule has 0 spiro atoms. The maximum absolute atomic E-state index is 13.0. The van der Waals surface area contributed by atoms with Crippen LogP contribution in [0.15, 0.2) is 18.2 Å². The fourth-order valence-electron chi connectivity index (χ4n) is 2.44. The smallest absolute Gasteiger partial charge is 0.130 e. The number of hydrogen-bond acceptors (Lipinski definition) is 1. The third kappa shape index (κ3) is 2.25. The second-order valence-electron chi connectivity index (χ2n) is 4.34. The number of ketones is 1. The SMILES string of the molecule is CC(=O)CC1CCCc2cc(F)ccc21. The van der Waals surface area contributed by atoms with Gasteiger partial charge in [-0.25, -0.2) is 4.39 Å². The Morgan fingerprint density at radius 2 is 2.33 bits per heavy atom. The van der Waals surface area contributed by atoms with Crippen LogP contribution >= 0.6 is 0 Å². The lowest BCUT2D eigenvalue weighted by molar-refractivity contribution is -0.117. The first-order valence-electron chi connectivity index (χ1n) is 5.44. The number of fused-ring (bicyclic) bond motifs is 1. The summed E-state index contributed by atoms with van der Waals surface area (Å²) in [5, 5.41) is 0. The van der Waals surface area contributed by atoms with E-state index < -0.39 is 0 Å². The van der Waals surface area contributed by atoms with Crippen LogP contribution in [0.3, 0.4) is 0 Å². The van der Waals surface area contributed by atoms with Crippen molar-refractivity contribution in [2.45, 2.75) is 38.5 Å². The van der Waals surface area contributed by atoms with Gasteiger partial charge in [-0.1, -0.05) is 6.07 Å². The molecule has 0 saturated heterocycles. The van der Waals surface area contributed by atoms with E-state index in [-0.39, 0.29) is 11.6 Å². The second-order valence-corrected chi connectivity index (χ2v) is 4.34. The van der Waals surface area contributed by atoms with E-state index in [4.69, 9.17) is 0 Å². The van der Waals surface area contributed by atoms with E-state index in [9.17, 15) is 9.18 Å². The molecule has 0 amide bonds. The predicted octanol–water partition coefficient (Wildman–Crippen LogP) is 3.22. The molecule has 0 aromatic heterocycles. The molecule has 1 aromatic carbocycles. The Morgan fingerprint density at radius 1 is 1.53 bits per heavy atom. The highest BCUT2D eigenvalue weighted by Crippen LogP contribution is 2.34. The van der Waals surface area contributed by atoms with Gasteiger partial charge in [-0.05, 0) is 55.4 Å². The molecule has 0 aliphatic heterocycles.